The predicted molar refractivity (Wildman–Crippen MR) is 98.1 cm³/mol. The first-order valence-electron chi connectivity index (χ1n) is 7.66. The summed E-state index contributed by atoms with van der Waals surface area (Å²) in [7, 11) is -1.74. The van der Waals surface area contributed by atoms with Crippen LogP contribution in [0.2, 0.25) is 5.02 Å². The number of carbonyl (C=O) groups is 1. The molecule has 0 unspecified atom stereocenters. The van der Waals surface area contributed by atoms with E-state index < -0.39 is 10.0 Å². The molecule has 6 nitrogen and oxygen atoms in total. The first-order chi connectivity index (χ1) is 11.9. The van der Waals surface area contributed by atoms with Gasteiger partial charge in [-0.15, -0.1) is 0 Å². The number of carbonyl (C=O) groups excluding carboxylic acids is 1. The minimum absolute atomic E-state index is 0.167. The average molecular weight is 381 g/mol. The summed E-state index contributed by atoms with van der Waals surface area (Å²) in [5.74, 6) is 0.225. The van der Waals surface area contributed by atoms with Crippen LogP contribution >= 0.6 is 11.6 Å². The second-order valence-corrected chi connectivity index (χ2v) is 8.04. The smallest absolute Gasteiger partial charge is 0.259 e. The Labute approximate surface area is 151 Å². The summed E-state index contributed by atoms with van der Waals surface area (Å²) in [4.78, 5) is 12.4. The highest BCUT2D eigenvalue weighted by atomic mass is 35.5. The van der Waals surface area contributed by atoms with Crippen molar-refractivity contribution in [1.29, 1.82) is 0 Å². The lowest BCUT2D eigenvalue weighted by Crippen LogP contribution is -2.25. The number of methoxy groups -OCH3 is 1. The summed E-state index contributed by atoms with van der Waals surface area (Å²) in [6.07, 6.45) is 0.620. The summed E-state index contributed by atoms with van der Waals surface area (Å²) in [6.45, 7) is 0.480. The zero-order valence-corrected chi connectivity index (χ0v) is 15.1. The largest absolute Gasteiger partial charge is 0.496 e. The number of amides is 1. The highest BCUT2D eigenvalue weighted by molar-refractivity contribution is 7.93. The fraction of sp³-hybridized carbons (Fsp3) is 0.235. The minimum atomic E-state index is -3.22. The molecule has 3 rings (SSSR count). The molecule has 0 bridgehead atoms. The topological polar surface area (TPSA) is 75.7 Å². The van der Waals surface area contributed by atoms with Crippen LogP contribution in [0, 0.1) is 0 Å². The van der Waals surface area contributed by atoms with E-state index in [0.717, 1.165) is 0 Å². The zero-order chi connectivity index (χ0) is 18.0. The van der Waals surface area contributed by atoms with Gasteiger partial charge in [-0.25, -0.2) is 8.42 Å². The third-order valence-electron chi connectivity index (χ3n) is 3.92. The molecule has 1 aliphatic heterocycles. The van der Waals surface area contributed by atoms with Crippen LogP contribution in [0.1, 0.15) is 16.8 Å². The second-order valence-electron chi connectivity index (χ2n) is 5.59. The number of ether oxygens (including phenoxy) is 1. The van der Waals surface area contributed by atoms with E-state index in [1.807, 2.05) is 0 Å². The van der Waals surface area contributed by atoms with Crippen molar-refractivity contribution in [2.75, 3.05) is 29.0 Å². The average Bonchev–Trinajstić information content (AvgIpc) is 2.94. The van der Waals surface area contributed by atoms with Gasteiger partial charge >= 0.3 is 0 Å². The van der Waals surface area contributed by atoms with Crippen LogP contribution in [0.5, 0.6) is 5.75 Å². The molecule has 2 aromatic carbocycles. The number of anilines is 2. The van der Waals surface area contributed by atoms with E-state index in [1.165, 1.54) is 17.5 Å². The van der Waals surface area contributed by atoms with E-state index in [9.17, 15) is 13.2 Å². The van der Waals surface area contributed by atoms with E-state index in [-0.39, 0.29) is 11.7 Å². The third-order valence-corrected chi connectivity index (χ3v) is 6.02. The molecule has 1 fully saturated rings. The molecule has 0 saturated carbocycles. The Kier molecular flexibility index (Phi) is 4.87. The van der Waals surface area contributed by atoms with Crippen LogP contribution in [-0.2, 0) is 10.0 Å². The lowest BCUT2D eigenvalue weighted by atomic mass is 10.1. The maximum atomic E-state index is 12.4. The molecule has 1 aliphatic rings. The van der Waals surface area contributed by atoms with E-state index in [4.69, 9.17) is 16.3 Å². The summed E-state index contributed by atoms with van der Waals surface area (Å²) < 4.78 is 30.4. The van der Waals surface area contributed by atoms with Crippen LogP contribution < -0.4 is 14.4 Å². The highest BCUT2D eigenvalue weighted by Crippen LogP contribution is 2.27. The Hall–Kier alpha value is -2.25. The lowest BCUT2D eigenvalue weighted by molar-refractivity contribution is 0.102. The molecule has 0 aliphatic carbocycles. The number of benzene rings is 2. The first-order valence-corrected chi connectivity index (χ1v) is 9.65. The number of hydrogen-bond donors (Lipinski definition) is 1. The van der Waals surface area contributed by atoms with Crippen molar-refractivity contribution >= 4 is 38.9 Å². The van der Waals surface area contributed by atoms with Gasteiger partial charge in [0, 0.05) is 17.3 Å². The molecule has 0 aromatic heterocycles. The SMILES string of the molecule is COc1ccc(Cl)cc1C(=O)Nc1ccc(N2CCCS2(=O)=O)cc1. The summed E-state index contributed by atoms with van der Waals surface area (Å²) in [5, 5.41) is 3.18. The van der Waals surface area contributed by atoms with Crippen LogP contribution in [0.25, 0.3) is 0 Å². The van der Waals surface area contributed by atoms with Crippen LogP contribution in [0.15, 0.2) is 42.5 Å². The van der Waals surface area contributed by atoms with Gasteiger partial charge in [0.05, 0.1) is 24.1 Å². The molecular formula is C17H17ClN2O4S. The maximum absolute atomic E-state index is 12.4. The van der Waals surface area contributed by atoms with Crippen molar-refractivity contribution in [1.82, 2.24) is 0 Å². The molecule has 25 heavy (non-hydrogen) atoms. The van der Waals surface area contributed by atoms with Gasteiger partial charge in [0.15, 0.2) is 0 Å². The zero-order valence-electron chi connectivity index (χ0n) is 13.5. The van der Waals surface area contributed by atoms with Crippen molar-refractivity contribution in [3.63, 3.8) is 0 Å². The molecule has 0 spiro atoms. The van der Waals surface area contributed by atoms with E-state index in [0.29, 0.717) is 40.7 Å². The Morgan fingerprint density at radius 3 is 2.52 bits per heavy atom. The van der Waals surface area contributed by atoms with Crippen LogP contribution in [0.4, 0.5) is 11.4 Å². The fourth-order valence-electron chi connectivity index (χ4n) is 2.70. The highest BCUT2D eigenvalue weighted by Gasteiger charge is 2.28. The van der Waals surface area contributed by atoms with Crippen LogP contribution in [-0.4, -0.2) is 33.7 Å². The Bertz CT molecular complexity index is 897. The fourth-order valence-corrected chi connectivity index (χ4v) is 4.43. The van der Waals surface area contributed by atoms with Crippen molar-refractivity contribution < 1.29 is 17.9 Å². The molecule has 8 heteroatoms. The predicted octanol–water partition coefficient (Wildman–Crippen LogP) is 3.14. The van der Waals surface area contributed by atoms with Crippen molar-refractivity contribution in [2.45, 2.75) is 6.42 Å². The van der Waals surface area contributed by atoms with Gasteiger partial charge in [0.25, 0.3) is 5.91 Å². The van der Waals surface area contributed by atoms with E-state index in [2.05, 4.69) is 5.32 Å². The molecule has 1 amide bonds. The van der Waals surface area contributed by atoms with Gasteiger partial charge in [0.1, 0.15) is 5.75 Å². The van der Waals surface area contributed by atoms with Gasteiger partial charge in [-0.2, -0.15) is 0 Å². The van der Waals surface area contributed by atoms with E-state index >= 15 is 0 Å². The molecule has 1 saturated heterocycles. The molecule has 1 N–H and O–H groups in total. The normalized spacial score (nSPS) is 15.8. The van der Waals surface area contributed by atoms with E-state index in [1.54, 1.807) is 36.4 Å². The minimum Gasteiger partial charge on any atom is -0.496 e. The van der Waals surface area contributed by atoms with Gasteiger partial charge in [-0.05, 0) is 48.9 Å². The number of nitrogens with zero attached hydrogens (tertiary/aromatic N) is 1. The molecule has 0 atom stereocenters. The second kappa shape index (κ2) is 6.93. The van der Waals surface area contributed by atoms with Crippen molar-refractivity contribution in [3.8, 4) is 5.75 Å². The molecule has 2 aromatic rings. The molecule has 132 valence electrons. The van der Waals surface area contributed by atoms with Gasteiger partial charge < -0.3 is 10.1 Å². The number of sulfonamides is 1. The van der Waals surface area contributed by atoms with Gasteiger partial charge in [-0.3, -0.25) is 9.10 Å². The Balaban J connectivity index is 1.78. The maximum Gasteiger partial charge on any atom is 0.259 e. The van der Waals surface area contributed by atoms with Crippen molar-refractivity contribution in [3.05, 3.63) is 53.1 Å². The summed E-state index contributed by atoms with van der Waals surface area (Å²) in [6, 6.07) is 11.5. The molecular weight excluding hydrogens is 364 g/mol. The summed E-state index contributed by atoms with van der Waals surface area (Å²) in [5.41, 5.74) is 1.46. The third kappa shape index (κ3) is 3.72. The summed E-state index contributed by atoms with van der Waals surface area (Å²) >= 11 is 5.94. The van der Waals surface area contributed by atoms with Crippen molar-refractivity contribution in [2.24, 2.45) is 0 Å². The first kappa shape index (κ1) is 17.6. The number of nitrogens with one attached hydrogen (secondary N) is 1. The number of halogens is 1. The quantitative estimate of drug-likeness (QED) is 0.884. The Morgan fingerprint density at radius 2 is 1.92 bits per heavy atom. The molecule has 1 heterocycles. The molecule has 0 radical (unpaired) electrons. The standard InChI is InChI=1S/C17H17ClN2O4S/c1-24-16-8-3-12(18)11-15(16)17(21)19-13-4-6-14(7-5-13)20-9-2-10-25(20,22)23/h3-8,11H,2,9-10H2,1H3,(H,19,21). The van der Waals surface area contributed by atoms with Gasteiger partial charge in [-0.1, -0.05) is 11.6 Å². The van der Waals surface area contributed by atoms with Gasteiger partial charge in [0.2, 0.25) is 10.0 Å². The van der Waals surface area contributed by atoms with Crippen LogP contribution in [0.3, 0.4) is 0 Å². The number of rotatable bonds is 4. The monoisotopic (exact) mass is 380 g/mol. The Morgan fingerprint density at radius 1 is 1.20 bits per heavy atom. The number of hydrogen-bond acceptors (Lipinski definition) is 4. The lowest BCUT2D eigenvalue weighted by Gasteiger charge is -2.17.